The van der Waals surface area contributed by atoms with Gasteiger partial charge in [0.05, 0.1) is 4.92 Å². The second kappa shape index (κ2) is 5.27. The molecule has 0 aliphatic heterocycles. The average molecular weight is 234 g/mol. The Labute approximate surface area is 101 Å². The molecule has 1 N–H and O–H groups in total. The molecule has 1 aliphatic carbocycles. The molecule has 0 saturated heterocycles. The van der Waals surface area contributed by atoms with Crippen LogP contribution in [0.25, 0.3) is 0 Å². The highest BCUT2D eigenvalue weighted by atomic mass is 16.6. The Balaban J connectivity index is 2.01. The van der Waals surface area contributed by atoms with Crippen LogP contribution < -0.4 is 5.32 Å². The van der Waals surface area contributed by atoms with E-state index in [1.165, 1.54) is 19.3 Å². The first-order chi connectivity index (χ1) is 8.18. The summed E-state index contributed by atoms with van der Waals surface area (Å²) in [6, 6.07) is 7.00. The Morgan fingerprint density at radius 3 is 2.76 bits per heavy atom. The maximum Gasteiger partial charge on any atom is 0.274 e. The van der Waals surface area contributed by atoms with Crippen LogP contribution in [-0.4, -0.2) is 11.5 Å². The second-order valence-corrected chi connectivity index (χ2v) is 4.74. The summed E-state index contributed by atoms with van der Waals surface area (Å²) in [4.78, 5) is 10.6. The van der Waals surface area contributed by atoms with E-state index in [1.54, 1.807) is 12.1 Å². The van der Waals surface area contributed by atoms with Crippen LogP contribution in [0, 0.1) is 16.0 Å². The predicted octanol–water partition coefficient (Wildman–Crippen LogP) is 3.05. The van der Waals surface area contributed by atoms with Crippen LogP contribution in [0.4, 0.5) is 5.69 Å². The molecule has 1 aliphatic rings. The minimum atomic E-state index is -0.309. The first kappa shape index (κ1) is 12.0. The molecule has 0 amide bonds. The number of nitro groups is 1. The van der Waals surface area contributed by atoms with Gasteiger partial charge in [-0.3, -0.25) is 10.1 Å². The smallest absolute Gasteiger partial charge is 0.274 e. The van der Waals surface area contributed by atoms with E-state index in [-0.39, 0.29) is 16.7 Å². The van der Waals surface area contributed by atoms with Crippen LogP contribution in [0.5, 0.6) is 0 Å². The van der Waals surface area contributed by atoms with E-state index in [9.17, 15) is 10.1 Å². The molecule has 17 heavy (non-hydrogen) atoms. The van der Waals surface area contributed by atoms with Crippen LogP contribution in [0.2, 0.25) is 0 Å². The summed E-state index contributed by atoms with van der Waals surface area (Å²) < 4.78 is 0. The molecule has 1 saturated carbocycles. The van der Waals surface area contributed by atoms with Crippen molar-refractivity contribution in [3.8, 4) is 0 Å². The molecule has 1 fully saturated rings. The van der Waals surface area contributed by atoms with E-state index in [0.29, 0.717) is 0 Å². The quantitative estimate of drug-likeness (QED) is 0.629. The number of hydrogen-bond donors (Lipinski definition) is 1. The van der Waals surface area contributed by atoms with Gasteiger partial charge in [0.15, 0.2) is 0 Å². The average Bonchev–Trinajstić information content (AvgIpc) is 2.26. The number of hydrogen-bond acceptors (Lipinski definition) is 3. The second-order valence-electron chi connectivity index (χ2n) is 4.74. The van der Waals surface area contributed by atoms with Crippen LogP contribution in [0.1, 0.15) is 37.8 Å². The molecule has 1 aromatic rings. The largest absolute Gasteiger partial charge is 0.310 e. The van der Waals surface area contributed by atoms with E-state index in [0.717, 1.165) is 18.0 Å². The van der Waals surface area contributed by atoms with Crippen molar-refractivity contribution in [2.75, 3.05) is 6.54 Å². The van der Waals surface area contributed by atoms with Crippen LogP contribution in [0.15, 0.2) is 24.3 Å². The molecule has 2 rings (SSSR count). The molecule has 92 valence electrons. The predicted molar refractivity (Wildman–Crippen MR) is 66.9 cm³/mol. The van der Waals surface area contributed by atoms with E-state index >= 15 is 0 Å². The van der Waals surface area contributed by atoms with Gasteiger partial charge in [0.25, 0.3) is 5.69 Å². The number of nitro benzene ring substituents is 1. The number of nitrogens with zero attached hydrogens (tertiary/aromatic N) is 1. The maximum absolute atomic E-state index is 10.9. The highest BCUT2D eigenvalue weighted by Gasteiger charge is 2.21. The van der Waals surface area contributed by atoms with Gasteiger partial charge >= 0.3 is 0 Å². The standard InChI is InChI=1S/C13H18N2O2/c1-10(14-9-11-5-4-6-11)12-7-2-3-8-13(12)15(16)17/h2-3,7-8,10-11,14H,4-6,9H2,1H3. The fourth-order valence-electron chi connectivity index (χ4n) is 2.17. The molecule has 1 unspecified atom stereocenters. The highest BCUT2D eigenvalue weighted by molar-refractivity contribution is 5.41. The van der Waals surface area contributed by atoms with Crippen molar-refractivity contribution in [3.63, 3.8) is 0 Å². The van der Waals surface area contributed by atoms with Gasteiger partial charge in [-0.15, -0.1) is 0 Å². The Morgan fingerprint density at radius 1 is 1.47 bits per heavy atom. The first-order valence-electron chi connectivity index (χ1n) is 6.15. The zero-order valence-corrected chi connectivity index (χ0v) is 10.1. The molecule has 0 radical (unpaired) electrons. The lowest BCUT2D eigenvalue weighted by molar-refractivity contribution is -0.385. The Hall–Kier alpha value is -1.42. The summed E-state index contributed by atoms with van der Waals surface area (Å²) in [5.41, 5.74) is 0.984. The molecule has 4 heteroatoms. The summed E-state index contributed by atoms with van der Waals surface area (Å²) in [5, 5.41) is 14.3. The summed E-state index contributed by atoms with van der Waals surface area (Å²) in [7, 11) is 0. The van der Waals surface area contributed by atoms with Crippen molar-refractivity contribution >= 4 is 5.69 Å². The van der Waals surface area contributed by atoms with Gasteiger partial charge in [-0.2, -0.15) is 0 Å². The summed E-state index contributed by atoms with van der Waals surface area (Å²) >= 11 is 0. The van der Waals surface area contributed by atoms with Gasteiger partial charge in [0, 0.05) is 17.7 Å². The van der Waals surface area contributed by atoms with Crippen LogP contribution in [-0.2, 0) is 0 Å². The first-order valence-corrected chi connectivity index (χ1v) is 6.15. The minimum absolute atomic E-state index is 0.0391. The van der Waals surface area contributed by atoms with Crippen LogP contribution >= 0.6 is 0 Å². The van der Waals surface area contributed by atoms with Crippen molar-refractivity contribution in [1.82, 2.24) is 5.32 Å². The molecule has 0 bridgehead atoms. The minimum Gasteiger partial charge on any atom is -0.310 e. The third-order valence-corrected chi connectivity index (χ3v) is 3.54. The van der Waals surface area contributed by atoms with Gasteiger partial charge < -0.3 is 5.32 Å². The zero-order valence-electron chi connectivity index (χ0n) is 10.1. The number of nitrogens with one attached hydrogen (secondary N) is 1. The topological polar surface area (TPSA) is 55.2 Å². The van der Waals surface area contributed by atoms with E-state index in [2.05, 4.69) is 5.32 Å². The Morgan fingerprint density at radius 2 is 2.18 bits per heavy atom. The lowest BCUT2D eigenvalue weighted by Crippen LogP contribution is -2.29. The summed E-state index contributed by atoms with van der Waals surface area (Å²) in [6.45, 7) is 2.95. The SMILES string of the molecule is CC(NCC1CCC1)c1ccccc1[N+](=O)[O-]. The molecule has 1 atom stereocenters. The Kier molecular flexibility index (Phi) is 3.74. The molecular weight excluding hydrogens is 216 g/mol. The van der Waals surface area contributed by atoms with Crippen LogP contribution in [0.3, 0.4) is 0 Å². The van der Waals surface area contributed by atoms with Crippen molar-refractivity contribution < 1.29 is 4.92 Å². The third-order valence-electron chi connectivity index (χ3n) is 3.54. The highest BCUT2D eigenvalue weighted by Crippen LogP contribution is 2.28. The zero-order chi connectivity index (χ0) is 12.3. The summed E-state index contributed by atoms with van der Waals surface area (Å²) in [5.74, 6) is 0.764. The fraction of sp³-hybridized carbons (Fsp3) is 0.538. The number of para-hydroxylation sites is 1. The maximum atomic E-state index is 10.9. The molecule has 4 nitrogen and oxygen atoms in total. The van der Waals surface area contributed by atoms with Gasteiger partial charge in [0.1, 0.15) is 0 Å². The van der Waals surface area contributed by atoms with E-state index in [4.69, 9.17) is 0 Å². The van der Waals surface area contributed by atoms with Crippen molar-refractivity contribution in [1.29, 1.82) is 0 Å². The fourth-order valence-corrected chi connectivity index (χ4v) is 2.17. The van der Waals surface area contributed by atoms with Crippen molar-refractivity contribution in [2.45, 2.75) is 32.2 Å². The lowest BCUT2D eigenvalue weighted by atomic mass is 9.85. The molecular formula is C13H18N2O2. The Bertz CT molecular complexity index is 402. The monoisotopic (exact) mass is 234 g/mol. The molecule has 0 aromatic heterocycles. The molecule has 0 spiro atoms. The van der Waals surface area contributed by atoms with E-state index < -0.39 is 0 Å². The molecule has 1 aromatic carbocycles. The van der Waals surface area contributed by atoms with Crippen molar-refractivity contribution in [3.05, 3.63) is 39.9 Å². The van der Waals surface area contributed by atoms with E-state index in [1.807, 2.05) is 19.1 Å². The van der Waals surface area contributed by atoms with Gasteiger partial charge in [0.2, 0.25) is 0 Å². The van der Waals surface area contributed by atoms with Crippen molar-refractivity contribution in [2.24, 2.45) is 5.92 Å². The lowest BCUT2D eigenvalue weighted by Gasteiger charge is -2.27. The van der Waals surface area contributed by atoms with Gasteiger partial charge in [-0.05, 0) is 32.2 Å². The van der Waals surface area contributed by atoms with Gasteiger partial charge in [-0.25, -0.2) is 0 Å². The number of rotatable bonds is 5. The third kappa shape index (κ3) is 2.82. The summed E-state index contributed by atoms with van der Waals surface area (Å²) in [6.07, 6.45) is 3.90. The molecule has 0 heterocycles. The normalized spacial score (nSPS) is 17.5. The number of benzene rings is 1. The van der Waals surface area contributed by atoms with Gasteiger partial charge in [-0.1, -0.05) is 24.6 Å².